The summed E-state index contributed by atoms with van der Waals surface area (Å²) in [4.78, 5) is 0.0448. The molecule has 1 aromatic carbocycles. The smallest absolute Gasteiger partial charge is 0.243 e. The van der Waals surface area contributed by atoms with Crippen LogP contribution >= 0.6 is 11.6 Å². The molecule has 0 aliphatic rings. The largest absolute Gasteiger partial charge is 0.398 e. The van der Waals surface area contributed by atoms with Crippen molar-refractivity contribution in [2.75, 3.05) is 19.3 Å². The third-order valence-corrected chi connectivity index (χ3v) is 4.55. The van der Waals surface area contributed by atoms with Gasteiger partial charge in [-0.25, -0.2) is 8.42 Å². The summed E-state index contributed by atoms with van der Waals surface area (Å²) in [6, 6.07) is 2.75. The average Bonchev–Trinajstić information content (AvgIpc) is 2.25. The van der Waals surface area contributed by atoms with E-state index in [4.69, 9.17) is 23.8 Å². The Morgan fingerprint density at radius 2 is 2.12 bits per heavy atom. The van der Waals surface area contributed by atoms with Gasteiger partial charge in [0.1, 0.15) is 0 Å². The molecule has 0 bridgehead atoms. The van der Waals surface area contributed by atoms with E-state index < -0.39 is 10.0 Å². The Labute approximate surface area is 106 Å². The molecule has 0 unspecified atom stereocenters. The van der Waals surface area contributed by atoms with Crippen molar-refractivity contribution in [3.63, 3.8) is 0 Å². The van der Waals surface area contributed by atoms with E-state index >= 15 is 0 Å². The number of nitrogens with two attached hydrogens (primary N) is 1. The van der Waals surface area contributed by atoms with Gasteiger partial charge in [-0.3, -0.25) is 0 Å². The molecule has 17 heavy (non-hydrogen) atoms. The predicted octanol–water partition coefficient (Wildman–Crippen LogP) is 1.48. The van der Waals surface area contributed by atoms with Gasteiger partial charge in [0.2, 0.25) is 10.0 Å². The second-order valence-corrected chi connectivity index (χ2v) is 6.04. The number of nitrogens with zero attached hydrogens (tertiary/aromatic N) is 1. The number of rotatable bonds is 3. The molecule has 2 N–H and O–H groups in total. The minimum absolute atomic E-state index is 0.00622. The molecule has 0 aliphatic heterocycles. The maximum Gasteiger partial charge on any atom is 0.243 e. The van der Waals surface area contributed by atoms with Crippen molar-refractivity contribution >= 4 is 27.3 Å². The van der Waals surface area contributed by atoms with Gasteiger partial charge in [-0.15, -0.1) is 6.42 Å². The van der Waals surface area contributed by atoms with E-state index in [-0.39, 0.29) is 11.4 Å². The highest BCUT2D eigenvalue weighted by Crippen LogP contribution is 2.27. The summed E-state index contributed by atoms with van der Waals surface area (Å²) >= 11 is 5.90. The minimum Gasteiger partial charge on any atom is -0.398 e. The number of terminal acetylenes is 1. The van der Waals surface area contributed by atoms with Crippen LogP contribution in [0.2, 0.25) is 5.02 Å². The summed E-state index contributed by atoms with van der Waals surface area (Å²) < 4.78 is 25.2. The van der Waals surface area contributed by atoms with Crippen molar-refractivity contribution in [2.45, 2.75) is 11.8 Å². The van der Waals surface area contributed by atoms with Crippen LogP contribution in [0.25, 0.3) is 0 Å². The normalized spacial score (nSPS) is 11.5. The van der Waals surface area contributed by atoms with Crippen LogP contribution in [0, 0.1) is 19.3 Å². The fraction of sp³-hybridized carbons (Fsp3) is 0.273. The topological polar surface area (TPSA) is 63.4 Å². The molecule has 0 saturated carbocycles. The molecule has 0 atom stereocenters. The molecule has 0 radical (unpaired) electrons. The SMILES string of the molecule is C#CCN(C)S(=O)(=O)c1cc(N)c(C)c(Cl)c1. The van der Waals surface area contributed by atoms with Crippen LogP contribution in [0.15, 0.2) is 17.0 Å². The number of anilines is 1. The zero-order valence-electron chi connectivity index (χ0n) is 9.57. The first-order valence-corrected chi connectivity index (χ1v) is 6.58. The Kier molecular flexibility index (Phi) is 4.04. The van der Waals surface area contributed by atoms with Crippen molar-refractivity contribution in [1.82, 2.24) is 4.31 Å². The number of hydrogen-bond acceptors (Lipinski definition) is 3. The first-order chi connectivity index (χ1) is 7.80. The highest BCUT2D eigenvalue weighted by molar-refractivity contribution is 7.89. The minimum atomic E-state index is -3.64. The molecule has 6 heteroatoms. The molecule has 92 valence electrons. The van der Waals surface area contributed by atoms with E-state index in [1.165, 1.54) is 19.2 Å². The van der Waals surface area contributed by atoms with Gasteiger partial charge in [0.15, 0.2) is 0 Å². The molecule has 0 aliphatic carbocycles. The van der Waals surface area contributed by atoms with Gasteiger partial charge in [0, 0.05) is 17.8 Å². The highest BCUT2D eigenvalue weighted by atomic mass is 35.5. The molecule has 1 rings (SSSR count). The van der Waals surface area contributed by atoms with E-state index in [1.807, 2.05) is 0 Å². The summed E-state index contributed by atoms with van der Waals surface area (Å²) in [5, 5.41) is 0.317. The van der Waals surface area contributed by atoms with Gasteiger partial charge in [-0.2, -0.15) is 4.31 Å². The Morgan fingerprint density at radius 1 is 1.53 bits per heavy atom. The van der Waals surface area contributed by atoms with Gasteiger partial charge in [0.25, 0.3) is 0 Å². The zero-order valence-corrected chi connectivity index (χ0v) is 11.1. The molecule has 0 amide bonds. The van der Waals surface area contributed by atoms with Crippen LogP contribution in [0.1, 0.15) is 5.56 Å². The predicted molar refractivity (Wildman–Crippen MR) is 69.3 cm³/mol. The van der Waals surface area contributed by atoms with Crippen molar-refractivity contribution < 1.29 is 8.42 Å². The van der Waals surface area contributed by atoms with E-state index in [9.17, 15) is 8.42 Å². The van der Waals surface area contributed by atoms with Crippen LogP contribution in [0.3, 0.4) is 0 Å². The lowest BCUT2D eigenvalue weighted by molar-refractivity contribution is 0.503. The van der Waals surface area contributed by atoms with E-state index in [1.54, 1.807) is 6.92 Å². The Balaban J connectivity index is 3.31. The summed E-state index contributed by atoms with van der Waals surface area (Å²) in [7, 11) is -2.23. The molecule has 0 saturated heterocycles. The quantitative estimate of drug-likeness (QED) is 0.670. The standard InChI is InChI=1S/C11H13ClN2O2S/c1-4-5-14(3)17(15,16)9-6-10(12)8(2)11(13)7-9/h1,6-7H,5,13H2,2-3H3. The summed E-state index contributed by atoms with van der Waals surface area (Å²) in [6.07, 6.45) is 5.08. The molecular formula is C11H13ClN2O2S. The van der Waals surface area contributed by atoms with Gasteiger partial charge in [-0.1, -0.05) is 17.5 Å². The van der Waals surface area contributed by atoms with Crippen molar-refractivity contribution in [3.8, 4) is 12.3 Å². The lowest BCUT2D eigenvalue weighted by Crippen LogP contribution is -2.27. The maximum atomic E-state index is 12.1. The third-order valence-electron chi connectivity index (χ3n) is 2.38. The van der Waals surface area contributed by atoms with Crippen molar-refractivity contribution in [1.29, 1.82) is 0 Å². The van der Waals surface area contributed by atoms with Crippen LogP contribution in [-0.4, -0.2) is 26.3 Å². The lowest BCUT2D eigenvalue weighted by atomic mass is 10.2. The summed E-state index contributed by atoms with van der Waals surface area (Å²) in [6.45, 7) is 1.72. The highest BCUT2D eigenvalue weighted by Gasteiger charge is 2.21. The molecular weight excluding hydrogens is 260 g/mol. The summed E-state index contributed by atoms with van der Waals surface area (Å²) in [5.41, 5.74) is 6.68. The first-order valence-electron chi connectivity index (χ1n) is 4.76. The van der Waals surface area contributed by atoms with Gasteiger partial charge in [-0.05, 0) is 24.6 Å². The molecule has 1 aromatic rings. The lowest BCUT2D eigenvalue weighted by Gasteiger charge is -2.15. The molecule has 0 heterocycles. The van der Waals surface area contributed by atoms with Crippen LogP contribution < -0.4 is 5.73 Å². The Bertz CT molecular complexity index is 553. The molecule has 0 spiro atoms. The Hall–Kier alpha value is -1.22. The van der Waals surface area contributed by atoms with E-state index in [0.717, 1.165) is 4.31 Å². The molecule has 0 fully saturated rings. The second-order valence-electron chi connectivity index (χ2n) is 3.58. The monoisotopic (exact) mass is 272 g/mol. The fourth-order valence-corrected chi connectivity index (χ4v) is 2.66. The van der Waals surface area contributed by atoms with E-state index in [2.05, 4.69) is 5.92 Å². The van der Waals surface area contributed by atoms with Crippen molar-refractivity contribution in [3.05, 3.63) is 22.7 Å². The third kappa shape index (κ3) is 2.72. The fourth-order valence-electron chi connectivity index (χ4n) is 1.22. The maximum absolute atomic E-state index is 12.1. The number of hydrogen-bond donors (Lipinski definition) is 1. The van der Waals surface area contributed by atoms with Crippen molar-refractivity contribution in [2.24, 2.45) is 0 Å². The number of sulfonamides is 1. The van der Waals surface area contributed by atoms with Crippen LogP contribution in [0.4, 0.5) is 5.69 Å². The zero-order chi connectivity index (χ0) is 13.2. The second kappa shape index (κ2) is 4.96. The number of benzene rings is 1. The average molecular weight is 273 g/mol. The number of halogens is 1. The Morgan fingerprint density at radius 3 is 2.59 bits per heavy atom. The van der Waals surface area contributed by atoms with Gasteiger partial charge in [0.05, 0.1) is 11.4 Å². The van der Waals surface area contributed by atoms with E-state index in [0.29, 0.717) is 16.3 Å². The van der Waals surface area contributed by atoms with Crippen LogP contribution in [-0.2, 0) is 10.0 Å². The van der Waals surface area contributed by atoms with Gasteiger partial charge < -0.3 is 5.73 Å². The molecule has 4 nitrogen and oxygen atoms in total. The summed E-state index contributed by atoms with van der Waals surface area (Å²) in [5.74, 6) is 2.27. The number of nitrogen functional groups attached to an aromatic ring is 1. The first kappa shape index (κ1) is 13.8. The van der Waals surface area contributed by atoms with Gasteiger partial charge >= 0.3 is 0 Å². The van der Waals surface area contributed by atoms with Crippen LogP contribution in [0.5, 0.6) is 0 Å². The molecule has 0 aromatic heterocycles.